The molecule has 4 aromatic rings. The Bertz CT molecular complexity index is 1170. The molecule has 2 heterocycles. The number of nitrogens with zero attached hydrogens (tertiary/aromatic N) is 1. The van der Waals surface area contributed by atoms with Gasteiger partial charge in [0.05, 0.1) is 5.52 Å². The average molecular weight is 403 g/mol. The zero-order chi connectivity index (χ0) is 19.9. The molecule has 4 rings (SSSR count). The fourth-order valence-corrected chi connectivity index (χ4v) is 3.57. The third-order valence-electron chi connectivity index (χ3n) is 4.94. The fourth-order valence-electron chi connectivity index (χ4n) is 3.23. The monoisotopic (exact) mass is 402 g/mol. The van der Waals surface area contributed by atoms with Gasteiger partial charge in [-0.15, -0.1) is 0 Å². The van der Waals surface area contributed by atoms with Crippen LogP contribution < -0.4 is 0 Å². The van der Waals surface area contributed by atoms with Crippen molar-refractivity contribution in [2.24, 2.45) is 0 Å². The number of aromatic nitrogens is 2. The van der Waals surface area contributed by atoms with Crippen LogP contribution in [0.1, 0.15) is 22.5 Å². The predicted molar refractivity (Wildman–Crippen MR) is 113 cm³/mol. The number of nitrogens with one attached hydrogen (secondary N) is 1. The Kier molecular flexibility index (Phi) is 5.22. The summed E-state index contributed by atoms with van der Waals surface area (Å²) in [5.41, 5.74) is 6.03. The lowest BCUT2D eigenvalue weighted by molar-refractivity contribution is 0.197. The second-order valence-electron chi connectivity index (χ2n) is 6.55. The molecule has 0 aliphatic carbocycles. The van der Waals surface area contributed by atoms with Crippen LogP contribution in [0.5, 0.6) is 0 Å². The van der Waals surface area contributed by atoms with E-state index in [1.807, 2.05) is 25.1 Å². The molecule has 2 aromatic heterocycles. The van der Waals surface area contributed by atoms with Crippen molar-refractivity contribution in [1.29, 1.82) is 0 Å². The van der Waals surface area contributed by atoms with E-state index in [1.54, 1.807) is 25.1 Å². The standard InChI is InChI=1S/C11H10ClNO2.C10H10ClN/c1-6-7(2)13(11(14)15)10-4-3-8(12)5-9(6)10;1-6-7(2)12-10-4-3-8(11)5-9(6)10/h3-5H,1-2H3,(H,14,15);3-5,12H,1-2H3. The summed E-state index contributed by atoms with van der Waals surface area (Å²) in [5.74, 6) is 0. The van der Waals surface area contributed by atoms with Crippen LogP contribution in [-0.2, 0) is 0 Å². The number of benzene rings is 2. The second kappa shape index (κ2) is 7.29. The van der Waals surface area contributed by atoms with Crippen molar-refractivity contribution in [3.05, 3.63) is 69.0 Å². The highest BCUT2D eigenvalue weighted by molar-refractivity contribution is 6.31. The van der Waals surface area contributed by atoms with Gasteiger partial charge in [-0.3, -0.25) is 0 Å². The smallest absolute Gasteiger partial charge is 0.416 e. The lowest BCUT2D eigenvalue weighted by Gasteiger charge is -2.00. The first-order chi connectivity index (χ1) is 12.7. The Labute approximate surface area is 167 Å². The van der Waals surface area contributed by atoms with Crippen molar-refractivity contribution < 1.29 is 9.90 Å². The number of halogens is 2. The molecule has 27 heavy (non-hydrogen) atoms. The number of rotatable bonds is 0. The van der Waals surface area contributed by atoms with Gasteiger partial charge in [-0.05, 0) is 75.2 Å². The summed E-state index contributed by atoms with van der Waals surface area (Å²) in [6, 6.07) is 11.1. The zero-order valence-electron chi connectivity index (χ0n) is 15.5. The third-order valence-corrected chi connectivity index (χ3v) is 5.41. The van der Waals surface area contributed by atoms with Gasteiger partial charge in [0.15, 0.2) is 0 Å². The van der Waals surface area contributed by atoms with E-state index in [2.05, 4.69) is 18.8 Å². The van der Waals surface area contributed by atoms with Crippen LogP contribution in [0.4, 0.5) is 4.79 Å². The van der Waals surface area contributed by atoms with Crippen LogP contribution >= 0.6 is 23.2 Å². The maximum atomic E-state index is 11.1. The normalized spacial score (nSPS) is 10.9. The summed E-state index contributed by atoms with van der Waals surface area (Å²) >= 11 is 11.8. The molecule has 0 saturated heterocycles. The number of carbonyl (C=O) groups is 1. The number of hydrogen-bond acceptors (Lipinski definition) is 1. The molecule has 0 fully saturated rings. The molecule has 2 N–H and O–H groups in total. The summed E-state index contributed by atoms with van der Waals surface area (Å²) in [6.07, 6.45) is -0.965. The highest BCUT2D eigenvalue weighted by Gasteiger charge is 2.15. The average Bonchev–Trinajstić information content (AvgIpc) is 3.03. The molecular weight excluding hydrogens is 383 g/mol. The van der Waals surface area contributed by atoms with E-state index in [-0.39, 0.29) is 0 Å². The highest BCUT2D eigenvalue weighted by Crippen LogP contribution is 2.27. The van der Waals surface area contributed by atoms with Crippen molar-refractivity contribution in [3.63, 3.8) is 0 Å². The van der Waals surface area contributed by atoms with E-state index < -0.39 is 6.09 Å². The topological polar surface area (TPSA) is 58.0 Å². The van der Waals surface area contributed by atoms with Gasteiger partial charge in [-0.1, -0.05) is 23.2 Å². The van der Waals surface area contributed by atoms with Gasteiger partial charge in [0.1, 0.15) is 0 Å². The molecule has 0 spiro atoms. The SMILES string of the molecule is Cc1[nH]c2ccc(Cl)cc2c1C.Cc1c(C)n(C(=O)O)c2ccc(Cl)cc12. The lowest BCUT2D eigenvalue weighted by Crippen LogP contribution is -2.09. The van der Waals surface area contributed by atoms with E-state index in [0.717, 1.165) is 27.2 Å². The van der Waals surface area contributed by atoms with Crippen LogP contribution in [0.15, 0.2) is 36.4 Å². The van der Waals surface area contributed by atoms with Gasteiger partial charge in [-0.2, -0.15) is 0 Å². The quantitative estimate of drug-likeness (QED) is 0.336. The molecule has 2 aromatic carbocycles. The molecule has 0 bridgehead atoms. The fraction of sp³-hybridized carbons (Fsp3) is 0.190. The number of aromatic amines is 1. The number of H-pyrrole nitrogens is 1. The summed E-state index contributed by atoms with van der Waals surface area (Å²) in [4.78, 5) is 14.4. The molecule has 0 unspecified atom stereocenters. The number of hydrogen-bond donors (Lipinski definition) is 2. The number of aryl methyl sites for hydroxylation is 3. The maximum absolute atomic E-state index is 11.1. The Morgan fingerprint density at radius 2 is 1.52 bits per heavy atom. The van der Waals surface area contributed by atoms with Crippen molar-refractivity contribution in [1.82, 2.24) is 9.55 Å². The van der Waals surface area contributed by atoms with Crippen molar-refractivity contribution in [2.45, 2.75) is 27.7 Å². The van der Waals surface area contributed by atoms with Crippen LogP contribution in [-0.4, -0.2) is 20.8 Å². The Morgan fingerprint density at radius 3 is 2.15 bits per heavy atom. The molecule has 140 valence electrons. The number of carboxylic acid groups (broad SMARTS) is 1. The minimum atomic E-state index is -0.965. The summed E-state index contributed by atoms with van der Waals surface area (Å²) in [7, 11) is 0. The van der Waals surface area contributed by atoms with E-state index in [0.29, 0.717) is 10.5 Å². The van der Waals surface area contributed by atoms with Crippen LogP contribution in [0.3, 0.4) is 0 Å². The summed E-state index contributed by atoms with van der Waals surface area (Å²) in [5, 5.41) is 12.6. The predicted octanol–water partition coefficient (Wildman–Crippen LogP) is 6.88. The molecule has 0 aliphatic rings. The Morgan fingerprint density at radius 1 is 0.926 bits per heavy atom. The van der Waals surface area contributed by atoms with Gasteiger partial charge in [0.2, 0.25) is 0 Å². The van der Waals surface area contributed by atoms with Crippen LogP contribution in [0, 0.1) is 27.7 Å². The summed E-state index contributed by atoms with van der Waals surface area (Å²) < 4.78 is 1.28. The second-order valence-corrected chi connectivity index (χ2v) is 7.43. The van der Waals surface area contributed by atoms with Gasteiger partial charge in [0.25, 0.3) is 0 Å². The van der Waals surface area contributed by atoms with Crippen molar-refractivity contribution in [3.8, 4) is 0 Å². The Balaban J connectivity index is 0.000000159. The third kappa shape index (κ3) is 3.55. The highest BCUT2D eigenvalue weighted by atomic mass is 35.5. The van der Waals surface area contributed by atoms with Gasteiger partial charge in [0, 0.05) is 37.7 Å². The van der Waals surface area contributed by atoms with E-state index in [9.17, 15) is 4.79 Å². The maximum Gasteiger partial charge on any atom is 0.416 e. The largest absolute Gasteiger partial charge is 0.464 e. The number of fused-ring (bicyclic) bond motifs is 2. The molecule has 0 atom stereocenters. The zero-order valence-corrected chi connectivity index (χ0v) is 17.0. The molecular formula is C21H20Cl2N2O2. The van der Waals surface area contributed by atoms with E-state index >= 15 is 0 Å². The molecule has 6 heteroatoms. The van der Waals surface area contributed by atoms with Crippen molar-refractivity contribution >= 4 is 51.1 Å². The lowest BCUT2D eigenvalue weighted by atomic mass is 10.2. The van der Waals surface area contributed by atoms with E-state index in [4.69, 9.17) is 28.3 Å². The van der Waals surface area contributed by atoms with Crippen molar-refractivity contribution in [2.75, 3.05) is 0 Å². The minimum Gasteiger partial charge on any atom is -0.464 e. The van der Waals surface area contributed by atoms with E-state index in [1.165, 1.54) is 21.2 Å². The van der Waals surface area contributed by atoms with Gasteiger partial charge in [-0.25, -0.2) is 9.36 Å². The van der Waals surface area contributed by atoms with Crippen LogP contribution in [0.25, 0.3) is 21.8 Å². The first-order valence-electron chi connectivity index (χ1n) is 8.45. The first-order valence-corrected chi connectivity index (χ1v) is 9.21. The first kappa shape index (κ1) is 19.3. The molecule has 0 radical (unpaired) electrons. The van der Waals surface area contributed by atoms with Gasteiger partial charge < -0.3 is 10.1 Å². The molecule has 0 amide bonds. The summed E-state index contributed by atoms with van der Waals surface area (Å²) in [6.45, 7) is 7.86. The van der Waals surface area contributed by atoms with Crippen LogP contribution in [0.2, 0.25) is 10.0 Å². The Hall–Kier alpha value is -2.43. The molecule has 0 aliphatic heterocycles. The van der Waals surface area contributed by atoms with Gasteiger partial charge >= 0.3 is 6.09 Å². The molecule has 4 nitrogen and oxygen atoms in total. The molecule has 0 saturated carbocycles. The minimum absolute atomic E-state index is 0.619.